The molecule has 0 unspecified atom stereocenters. The standard InChI is InChI=1S/C17H15N5O5/c1-8-3-4-18-14(21-8)9-5-10-13(25)12(16(26)20-7-11(23)24)17(27)22(2)15(10)19-6-9/h3-6,25H,7H2,1-2H3,(H,20,26)(H,23,24). The van der Waals surface area contributed by atoms with Gasteiger partial charge in [0.1, 0.15) is 23.5 Å². The maximum atomic E-state index is 12.4. The molecule has 0 aliphatic heterocycles. The summed E-state index contributed by atoms with van der Waals surface area (Å²) >= 11 is 0. The number of fused-ring (bicyclic) bond motifs is 1. The Bertz CT molecular complexity index is 1140. The first-order chi connectivity index (χ1) is 12.8. The number of hydrogen-bond donors (Lipinski definition) is 3. The van der Waals surface area contributed by atoms with Crippen LogP contribution in [0.3, 0.4) is 0 Å². The molecule has 10 nitrogen and oxygen atoms in total. The van der Waals surface area contributed by atoms with E-state index in [-0.39, 0.29) is 11.0 Å². The number of aryl methyl sites for hydroxylation is 2. The first-order valence-corrected chi connectivity index (χ1v) is 7.81. The smallest absolute Gasteiger partial charge is 0.322 e. The molecule has 0 aliphatic rings. The van der Waals surface area contributed by atoms with Crippen LogP contribution in [0.4, 0.5) is 0 Å². The summed E-state index contributed by atoms with van der Waals surface area (Å²) in [5.41, 5.74) is 0.0181. The molecule has 10 heteroatoms. The van der Waals surface area contributed by atoms with E-state index in [1.54, 1.807) is 19.2 Å². The molecule has 0 atom stereocenters. The number of carboxylic acid groups (broad SMARTS) is 1. The van der Waals surface area contributed by atoms with E-state index in [0.29, 0.717) is 11.4 Å². The molecule has 0 aliphatic carbocycles. The Kier molecular flexibility index (Phi) is 4.55. The Morgan fingerprint density at radius 3 is 2.70 bits per heavy atom. The van der Waals surface area contributed by atoms with Crippen molar-refractivity contribution in [1.82, 2.24) is 24.8 Å². The van der Waals surface area contributed by atoms with Crippen molar-refractivity contribution in [3.8, 4) is 17.1 Å². The number of rotatable bonds is 4. The molecule has 1 amide bonds. The van der Waals surface area contributed by atoms with Gasteiger partial charge < -0.3 is 15.5 Å². The lowest BCUT2D eigenvalue weighted by Crippen LogP contribution is -2.35. The number of hydrogen-bond acceptors (Lipinski definition) is 7. The minimum Gasteiger partial charge on any atom is -0.506 e. The average molecular weight is 369 g/mol. The van der Waals surface area contributed by atoms with E-state index in [1.165, 1.54) is 19.3 Å². The molecule has 27 heavy (non-hydrogen) atoms. The summed E-state index contributed by atoms with van der Waals surface area (Å²) in [6.45, 7) is 1.11. The number of carbonyl (C=O) groups excluding carboxylic acids is 1. The average Bonchev–Trinajstić information content (AvgIpc) is 2.64. The fourth-order valence-corrected chi connectivity index (χ4v) is 2.56. The summed E-state index contributed by atoms with van der Waals surface area (Å²) in [4.78, 5) is 47.8. The number of nitrogens with zero attached hydrogens (tertiary/aromatic N) is 4. The maximum absolute atomic E-state index is 12.4. The second-order valence-electron chi connectivity index (χ2n) is 5.78. The Morgan fingerprint density at radius 1 is 1.30 bits per heavy atom. The van der Waals surface area contributed by atoms with Crippen molar-refractivity contribution in [2.45, 2.75) is 6.92 Å². The molecular formula is C17H15N5O5. The second kappa shape index (κ2) is 6.83. The number of aliphatic carboxylic acids is 1. The number of aromatic hydroxyl groups is 1. The van der Waals surface area contributed by atoms with Crippen molar-refractivity contribution >= 4 is 22.9 Å². The van der Waals surface area contributed by atoms with Crippen molar-refractivity contribution < 1.29 is 19.8 Å². The van der Waals surface area contributed by atoms with Crippen LogP contribution < -0.4 is 10.9 Å². The number of carbonyl (C=O) groups is 2. The Hall–Kier alpha value is -3.82. The predicted octanol–water partition coefficient (Wildman–Crippen LogP) is 0.219. The quantitative estimate of drug-likeness (QED) is 0.591. The largest absolute Gasteiger partial charge is 0.506 e. The van der Waals surface area contributed by atoms with Gasteiger partial charge in [-0.2, -0.15) is 0 Å². The van der Waals surface area contributed by atoms with Crippen LogP contribution >= 0.6 is 0 Å². The normalized spacial score (nSPS) is 10.7. The summed E-state index contributed by atoms with van der Waals surface area (Å²) in [6.07, 6.45) is 3.04. The molecule has 0 radical (unpaired) electrons. The van der Waals surface area contributed by atoms with Gasteiger partial charge in [0, 0.05) is 30.7 Å². The maximum Gasteiger partial charge on any atom is 0.322 e. The van der Waals surface area contributed by atoms with Crippen molar-refractivity contribution in [2.24, 2.45) is 7.05 Å². The highest BCUT2D eigenvalue weighted by Crippen LogP contribution is 2.28. The Balaban J connectivity index is 2.20. The van der Waals surface area contributed by atoms with Crippen LogP contribution in [0, 0.1) is 6.92 Å². The first-order valence-electron chi connectivity index (χ1n) is 7.81. The van der Waals surface area contributed by atoms with Gasteiger partial charge in [0.2, 0.25) is 0 Å². The SMILES string of the molecule is Cc1ccnc(-c2cnc3c(c2)c(O)c(C(=O)NCC(=O)O)c(=O)n3C)n1. The second-order valence-corrected chi connectivity index (χ2v) is 5.78. The Morgan fingerprint density at radius 2 is 2.04 bits per heavy atom. The summed E-state index contributed by atoms with van der Waals surface area (Å²) in [5, 5.41) is 21.4. The van der Waals surface area contributed by atoms with Crippen molar-refractivity contribution in [3.05, 3.63) is 46.1 Å². The molecule has 138 valence electrons. The van der Waals surface area contributed by atoms with Crippen LogP contribution in [-0.2, 0) is 11.8 Å². The summed E-state index contributed by atoms with van der Waals surface area (Å²) < 4.78 is 1.10. The topological polar surface area (TPSA) is 147 Å². The molecule has 0 fully saturated rings. The third kappa shape index (κ3) is 3.32. The van der Waals surface area contributed by atoms with Crippen LogP contribution in [0.1, 0.15) is 16.1 Å². The monoisotopic (exact) mass is 369 g/mol. The molecule has 0 saturated heterocycles. The molecular weight excluding hydrogens is 354 g/mol. The van der Waals surface area contributed by atoms with Gasteiger partial charge in [-0.15, -0.1) is 0 Å². The van der Waals surface area contributed by atoms with E-state index in [9.17, 15) is 19.5 Å². The molecule has 0 aromatic carbocycles. The van der Waals surface area contributed by atoms with Gasteiger partial charge in [0.25, 0.3) is 11.5 Å². The summed E-state index contributed by atoms with van der Waals surface area (Å²) in [6, 6.07) is 3.24. The fraction of sp³-hybridized carbons (Fsp3) is 0.176. The van der Waals surface area contributed by atoms with E-state index in [2.05, 4.69) is 20.3 Å². The van der Waals surface area contributed by atoms with Gasteiger partial charge in [-0.1, -0.05) is 0 Å². The molecule has 3 N–H and O–H groups in total. The lowest BCUT2D eigenvalue weighted by Gasteiger charge is -2.11. The zero-order valence-corrected chi connectivity index (χ0v) is 14.4. The highest BCUT2D eigenvalue weighted by atomic mass is 16.4. The summed E-state index contributed by atoms with van der Waals surface area (Å²) in [7, 11) is 1.40. The number of pyridine rings is 2. The lowest BCUT2D eigenvalue weighted by molar-refractivity contribution is -0.135. The Labute approximate surface area is 152 Å². The van der Waals surface area contributed by atoms with Crippen molar-refractivity contribution in [2.75, 3.05) is 6.54 Å². The summed E-state index contributed by atoms with van der Waals surface area (Å²) in [5.74, 6) is -2.48. The number of amides is 1. The van der Waals surface area contributed by atoms with Gasteiger partial charge in [-0.3, -0.25) is 19.0 Å². The van der Waals surface area contributed by atoms with Gasteiger partial charge in [0.15, 0.2) is 5.82 Å². The molecule has 0 spiro atoms. The number of carboxylic acids is 1. The van der Waals surface area contributed by atoms with E-state index in [1.807, 2.05) is 0 Å². The van der Waals surface area contributed by atoms with E-state index in [0.717, 1.165) is 10.3 Å². The minimum atomic E-state index is -1.28. The predicted molar refractivity (Wildman–Crippen MR) is 94.4 cm³/mol. The van der Waals surface area contributed by atoms with Gasteiger partial charge in [-0.05, 0) is 19.1 Å². The van der Waals surface area contributed by atoms with Crippen LogP contribution in [0.25, 0.3) is 22.4 Å². The van der Waals surface area contributed by atoms with Crippen molar-refractivity contribution in [1.29, 1.82) is 0 Å². The van der Waals surface area contributed by atoms with Crippen LogP contribution in [0.2, 0.25) is 0 Å². The molecule has 0 bridgehead atoms. The van der Waals surface area contributed by atoms with Crippen LogP contribution in [0.5, 0.6) is 5.75 Å². The molecule has 0 saturated carbocycles. The van der Waals surface area contributed by atoms with Crippen LogP contribution in [-0.4, -0.2) is 48.2 Å². The number of aromatic nitrogens is 4. The highest BCUT2D eigenvalue weighted by molar-refractivity contribution is 6.03. The van der Waals surface area contributed by atoms with Crippen LogP contribution in [0.15, 0.2) is 29.3 Å². The third-order valence-corrected chi connectivity index (χ3v) is 3.88. The zero-order chi connectivity index (χ0) is 19.7. The molecule has 3 heterocycles. The highest BCUT2D eigenvalue weighted by Gasteiger charge is 2.22. The minimum absolute atomic E-state index is 0.139. The molecule has 3 aromatic heterocycles. The third-order valence-electron chi connectivity index (χ3n) is 3.88. The molecule has 3 aromatic rings. The first kappa shape index (κ1) is 18.0. The van der Waals surface area contributed by atoms with Crippen molar-refractivity contribution in [3.63, 3.8) is 0 Å². The van der Waals surface area contributed by atoms with Gasteiger partial charge in [0.05, 0.1) is 5.39 Å². The number of nitrogens with one attached hydrogen (secondary N) is 1. The molecule has 3 rings (SSSR count). The lowest BCUT2D eigenvalue weighted by atomic mass is 10.1. The van der Waals surface area contributed by atoms with E-state index in [4.69, 9.17) is 5.11 Å². The van der Waals surface area contributed by atoms with Gasteiger partial charge in [-0.25, -0.2) is 15.0 Å². The van der Waals surface area contributed by atoms with E-state index >= 15 is 0 Å². The zero-order valence-electron chi connectivity index (χ0n) is 14.4. The van der Waals surface area contributed by atoms with E-state index < -0.39 is 35.3 Å². The van der Waals surface area contributed by atoms with Gasteiger partial charge >= 0.3 is 5.97 Å². The fourth-order valence-electron chi connectivity index (χ4n) is 2.56.